The summed E-state index contributed by atoms with van der Waals surface area (Å²) in [7, 11) is 0. The second-order valence-electron chi connectivity index (χ2n) is 10.6. The monoisotopic (exact) mass is 463 g/mol. The normalized spacial score (nSPS) is 35.1. The van der Waals surface area contributed by atoms with Crippen molar-refractivity contribution in [3.05, 3.63) is 42.5 Å². The van der Waals surface area contributed by atoms with Gasteiger partial charge in [0, 0.05) is 17.8 Å². The van der Waals surface area contributed by atoms with E-state index in [1.54, 1.807) is 0 Å². The van der Waals surface area contributed by atoms with Gasteiger partial charge in [0.2, 0.25) is 17.7 Å². The molecule has 1 aromatic carbocycles. The highest BCUT2D eigenvalue weighted by molar-refractivity contribution is 6.03. The SMILES string of the molecule is O=C(Nc1ccccc1)C1C2C=CC3(O2)C1C(=O)N(C1CCCC1)C3C(=O)NC1CCCCC1. The van der Waals surface area contributed by atoms with E-state index < -0.39 is 29.6 Å². The van der Waals surface area contributed by atoms with Crippen LogP contribution in [0.2, 0.25) is 0 Å². The Bertz CT molecular complexity index is 998. The molecule has 1 aromatic rings. The number of rotatable bonds is 5. The summed E-state index contributed by atoms with van der Waals surface area (Å²) >= 11 is 0. The van der Waals surface area contributed by atoms with Crippen LogP contribution in [0.3, 0.4) is 0 Å². The third-order valence-electron chi connectivity index (χ3n) is 8.57. The molecule has 3 heterocycles. The fourth-order valence-corrected chi connectivity index (χ4v) is 7.06. The average molecular weight is 464 g/mol. The number of carbonyl (C=O) groups excluding carboxylic acids is 3. The molecule has 7 heteroatoms. The number of hydrogen-bond donors (Lipinski definition) is 2. The molecule has 0 aromatic heterocycles. The highest BCUT2D eigenvalue weighted by Gasteiger charge is 2.73. The first kappa shape index (κ1) is 21.8. The molecule has 5 atom stereocenters. The van der Waals surface area contributed by atoms with Gasteiger partial charge >= 0.3 is 0 Å². The van der Waals surface area contributed by atoms with Crippen LogP contribution in [0.25, 0.3) is 0 Å². The Morgan fingerprint density at radius 3 is 2.38 bits per heavy atom. The largest absolute Gasteiger partial charge is 0.359 e. The van der Waals surface area contributed by atoms with Crippen molar-refractivity contribution in [1.82, 2.24) is 10.2 Å². The van der Waals surface area contributed by atoms with Gasteiger partial charge in [0.1, 0.15) is 11.6 Å². The molecule has 3 aliphatic heterocycles. The second-order valence-corrected chi connectivity index (χ2v) is 10.6. The number of amides is 3. The third kappa shape index (κ3) is 3.39. The first-order valence-electron chi connectivity index (χ1n) is 12.9. The van der Waals surface area contributed by atoms with Gasteiger partial charge in [-0.05, 0) is 37.8 Å². The molecule has 2 bridgehead atoms. The lowest BCUT2D eigenvalue weighted by molar-refractivity contribution is -0.144. The highest BCUT2D eigenvalue weighted by atomic mass is 16.5. The van der Waals surface area contributed by atoms with Crippen molar-refractivity contribution in [2.75, 3.05) is 5.32 Å². The van der Waals surface area contributed by atoms with E-state index in [1.165, 1.54) is 6.42 Å². The fraction of sp³-hybridized carbons (Fsp3) is 0.593. The third-order valence-corrected chi connectivity index (χ3v) is 8.57. The number of carbonyl (C=O) groups is 3. The molecule has 2 saturated carbocycles. The summed E-state index contributed by atoms with van der Waals surface area (Å²) in [5.41, 5.74) is -0.375. The minimum absolute atomic E-state index is 0.0310. The van der Waals surface area contributed by atoms with Gasteiger partial charge in [-0.15, -0.1) is 0 Å². The molecule has 1 spiro atoms. The quantitative estimate of drug-likeness (QED) is 0.657. The standard InChI is InChI=1S/C27H33N3O4/c31-24(28-17-9-3-1-4-10-17)21-20-15-16-27(34-20)22(21)26(33)30(19-13-7-8-14-19)23(27)25(32)29-18-11-5-2-6-12-18/h1,3-4,9-10,15-16,18-23H,2,5-8,11-14H2,(H,28,31)(H,29,32). The van der Waals surface area contributed by atoms with Crippen LogP contribution in [0, 0.1) is 11.8 Å². The maximum atomic E-state index is 14.0. The molecule has 34 heavy (non-hydrogen) atoms. The van der Waals surface area contributed by atoms with Crippen molar-refractivity contribution in [2.45, 2.75) is 87.6 Å². The molecule has 2 aliphatic carbocycles. The first-order chi connectivity index (χ1) is 16.6. The van der Waals surface area contributed by atoms with Crippen LogP contribution >= 0.6 is 0 Å². The van der Waals surface area contributed by atoms with Gasteiger partial charge in [-0.25, -0.2) is 0 Å². The van der Waals surface area contributed by atoms with E-state index >= 15 is 0 Å². The number of likely N-dealkylation sites (tertiary alicyclic amines) is 1. The van der Waals surface area contributed by atoms with Crippen molar-refractivity contribution in [3.8, 4) is 0 Å². The molecule has 5 aliphatic rings. The molecule has 2 N–H and O–H groups in total. The van der Waals surface area contributed by atoms with E-state index in [2.05, 4.69) is 10.6 Å². The molecule has 2 saturated heterocycles. The van der Waals surface area contributed by atoms with Crippen LogP contribution in [0.1, 0.15) is 57.8 Å². The van der Waals surface area contributed by atoms with Crippen molar-refractivity contribution in [1.29, 1.82) is 0 Å². The molecular weight excluding hydrogens is 430 g/mol. The lowest BCUT2D eigenvalue weighted by Gasteiger charge is -2.36. The number of benzene rings is 1. The van der Waals surface area contributed by atoms with Gasteiger partial charge in [0.05, 0.1) is 17.9 Å². The topological polar surface area (TPSA) is 87.7 Å². The predicted octanol–water partition coefficient (Wildman–Crippen LogP) is 3.17. The summed E-state index contributed by atoms with van der Waals surface area (Å²) in [5.74, 6) is -1.76. The number of para-hydroxylation sites is 1. The maximum Gasteiger partial charge on any atom is 0.246 e. The first-order valence-corrected chi connectivity index (χ1v) is 12.9. The summed E-state index contributed by atoms with van der Waals surface area (Å²) in [5, 5.41) is 6.23. The van der Waals surface area contributed by atoms with Gasteiger partial charge in [0.25, 0.3) is 0 Å². The summed E-state index contributed by atoms with van der Waals surface area (Å²) in [6.07, 6.45) is 12.6. The van der Waals surface area contributed by atoms with Gasteiger partial charge in [-0.1, -0.05) is 62.5 Å². The molecule has 180 valence electrons. The van der Waals surface area contributed by atoms with Crippen LogP contribution in [-0.2, 0) is 19.1 Å². The number of fused-ring (bicyclic) bond motifs is 1. The Kier molecular flexibility index (Phi) is 5.47. The van der Waals surface area contributed by atoms with Crippen LogP contribution in [0.4, 0.5) is 5.69 Å². The fourth-order valence-electron chi connectivity index (χ4n) is 7.06. The lowest BCUT2D eigenvalue weighted by Crippen LogP contribution is -2.58. The molecule has 0 radical (unpaired) electrons. The van der Waals surface area contributed by atoms with E-state index in [4.69, 9.17) is 4.74 Å². The minimum Gasteiger partial charge on any atom is -0.359 e. The van der Waals surface area contributed by atoms with Gasteiger partial charge < -0.3 is 20.3 Å². The van der Waals surface area contributed by atoms with Crippen molar-refractivity contribution < 1.29 is 19.1 Å². The molecule has 6 rings (SSSR count). The summed E-state index contributed by atoms with van der Waals surface area (Å²) < 4.78 is 6.44. The zero-order chi connectivity index (χ0) is 23.3. The number of anilines is 1. The Morgan fingerprint density at radius 1 is 0.941 bits per heavy atom. The molecule has 4 fully saturated rings. The summed E-state index contributed by atoms with van der Waals surface area (Å²) in [6.45, 7) is 0. The van der Waals surface area contributed by atoms with Crippen LogP contribution in [-0.4, -0.2) is 52.5 Å². The second kappa shape index (κ2) is 8.52. The molecule has 5 unspecified atom stereocenters. The van der Waals surface area contributed by atoms with E-state index in [-0.39, 0.29) is 29.8 Å². The lowest BCUT2D eigenvalue weighted by atomic mass is 9.74. The van der Waals surface area contributed by atoms with E-state index in [1.807, 2.05) is 47.4 Å². The highest BCUT2D eigenvalue weighted by Crippen LogP contribution is 2.56. The van der Waals surface area contributed by atoms with Gasteiger partial charge in [0.15, 0.2) is 0 Å². The van der Waals surface area contributed by atoms with E-state index in [9.17, 15) is 14.4 Å². The summed E-state index contributed by atoms with van der Waals surface area (Å²) in [6, 6.07) is 8.75. The summed E-state index contributed by atoms with van der Waals surface area (Å²) in [4.78, 5) is 43.0. The minimum atomic E-state index is -1.07. The predicted molar refractivity (Wildman–Crippen MR) is 127 cm³/mol. The maximum absolute atomic E-state index is 14.0. The average Bonchev–Trinajstić information content (AvgIpc) is 3.62. The van der Waals surface area contributed by atoms with Crippen molar-refractivity contribution in [2.24, 2.45) is 11.8 Å². The van der Waals surface area contributed by atoms with Crippen molar-refractivity contribution in [3.63, 3.8) is 0 Å². The zero-order valence-corrected chi connectivity index (χ0v) is 19.4. The van der Waals surface area contributed by atoms with Crippen LogP contribution < -0.4 is 10.6 Å². The Morgan fingerprint density at radius 2 is 1.65 bits per heavy atom. The Labute approximate surface area is 200 Å². The Balaban J connectivity index is 1.32. The smallest absolute Gasteiger partial charge is 0.246 e. The number of nitrogens with one attached hydrogen (secondary N) is 2. The van der Waals surface area contributed by atoms with Gasteiger partial charge in [-0.3, -0.25) is 14.4 Å². The van der Waals surface area contributed by atoms with E-state index in [0.29, 0.717) is 5.69 Å². The van der Waals surface area contributed by atoms with E-state index in [0.717, 1.165) is 51.4 Å². The van der Waals surface area contributed by atoms with Crippen LogP contribution in [0.15, 0.2) is 42.5 Å². The Hall–Kier alpha value is -2.67. The number of nitrogens with zero attached hydrogens (tertiary/aromatic N) is 1. The van der Waals surface area contributed by atoms with Crippen molar-refractivity contribution >= 4 is 23.4 Å². The van der Waals surface area contributed by atoms with Crippen LogP contribution in [0.5, 0.6) is 0 Å². The number of ether oxygens (including phenoxy) is 1. The molecular formula is C27H33N3O4. The number of hydrogen-bond acceptors (Lipinski definition) is 4. The zero-order valence-electron chi connectivity index (χ0n) is 19.4. The molecule has 3 amide bonds. The van der Waals surface area contributed by atoms with Gasteiger partial charge in [-0.2, -0.15) is 0 Å². The molecule has 7 nitrogen and oxygen atoms in total.